The van der Waals surface area contributed by atoms with Gasteiger partial charge in [0.25, 0.3) is 0 Å². The highest BCUT2D eigenvalue weighted by molar-refractivity contribution is 5.77. The smallest absolute Gasteiger partial charge is 0.116 e. The Bertz CT molecular complexity index is 124. The summed E-state index contributed by atoms with van der Waals surface area (Å²) in [6.07, 6.45) is 4.62. The number of aliphatic imine (C=N–C) groups is 3. The SMILES string of the molecule is C/C=N/C=N\C=N/CC. The lowest BCUT2D eigenvalue weighted by molar-refractivity contribution is 1.14. The highest BCUT2D eigenvalue weighted by atomic mass is 14.9. The Hall–Kier alpha value is -0.990. The molecule has 0 rings (SSSR count). The molecular formula is C6H11N3. The Labute approximate surface area is 55.2 Å². The van der Waals surface area contributed by atoms with E-state index in [-0.39, 0.29) is 0 Å². The van der Waals surface area contributed by atoms with Crippen LogP contribution in [0.4, 0.5) is 0 Å². The molecule has 0 aromatic heterocycles. The van der Waals surface area contributed by atoms with Gasteiger partial charge >= 0.3 is 0 Å². The fourth-order valence-corrected chi connectivity index (χ4v) is 0.264. The lowest BCUT2D eigenvalue weighted by Gasteiger charge is -1.74. The highest BCUT2D eigenvalue weighted by Gasteiger charge is 1.60. The fourth-order valence-electron chi connectivity index (χ4n) is 0.264. The molecule has 50 valence electrons. The summed E-state index contributed by atoms with van der Waals surface area (Å²) >= 11 is 0. The van der Waals surface area contributed by atoms with Crippen molar-refractivity contribution >= 4 is 18.9 Å². The zero-order valence-corrected chi connectivity index (χ0v) is 5.78. The summed E-state index contributed by atoms with van der Waals surface area (Å²) in [4.78, 5) is 11.3. The van der Waals surface area contributed by atoms with Gasteiger partial charge in [-0.1, -0.05) is 0 Å². The lowest BCUT2D eigenvalue weighted by Crippen LogP contribution is -1.71. The minimum atomic E-state index is 0.771. The standard InChI is InChI=1S/C6H11N3/c1-3-7-5-9-6-8-4-2/h3,5-6H,4H2,1-2H3/b7-3+,8-6-,9-5-. The predicted molar refractivity (Wildman–Crippen MR) is 41.7 cm³/mol. The van der Waals surface area contributed by atoms with Crippen LogP contribution in [0.2, 0.25) is 0 Å². The molecule has 0 saturated carbocycles. The summed E-state index contributed by atoms with van der Waals surface area (Å²) in [6.45, 7) is 4.56. The monoisotopic (exact) mass is 125 g/mol. The molecule has 0 fully saturated rings. The molecule has 0 heterocycles. The molecule has 0 aliphatic carbocycles. The van der Waals surface area contributed by atoms with Gasteiger partial charge in [0.2, 0.25) is 0 Å². The first-order valence-electron chi connectivity index (χ1n) is 2.89. The summed E-state index contributed by atoms with van der Waals surface area (Å²) in [6, 6.07) is 0. The van der Waals surface area contributed by atoms with E-state index in [1.165, 1.54) is 12.7 Å². The maximum atomic E-state index is 3.85. The summed E-state index contributed by atoms with van der Waals surface area (Å²) in [5.41, 5.74) is 0. The lowest BCUT2D eigenvalue weighted by atomic mass is 10.8. The van der Waals surface area contributed by atoms with E-state index in [1.807, 2.05) is 13.8 Å². The van der Waals surface area contributed by atoms with Gasteiger partial charge in [0.15, 0.2) is 0 Å². The number of hydrogen-bond acceptors (Lipinski definition) is 1. The van der Waals surface area contributed by atoms with Crippen molar-refractivity contribution < 1.29 is 0 Å². The Morgan fingerprint density at radius 3 is 2.56 bits per heavy atom. The maximum Gasteiger partial charge on any atom is 0.116 e. The van der Waals surface area contributed by atoms with Gasteiger partial charge in [-0.05, 0) is 13.8 Å². The van der Waals surface area contributed by atoms with E-state index in [2.05, 4.69) is 15.0 Å². The van der Waals surface area contributed by atoms with Crippen molar-refractivity contribution in [2.75, 3.05) is 6.54 Å². The van der Waals surface area contributed by atoms with Crippen LogP contribution in [-0.4, -0.2) is 25.4 Å². The highest BCUT2D eigenvalue weighted by Crippen LogP contribution is 1.64. The van der Waals surface area contributed by atoms with Gasteiger partial charge in [-0.15, -0.1) is 0 Å². The van der Waals surface area contributed by atoms with Gasteiger partial charge in [0.05, 0.1) is 0 Å². The van der Waals surface area contributed by atoms with Crippen LogP contribution < -0.4 is 0 Å². The van der Waals surface area contributed by atoms with Gasteiger partial charge in [-0.25, -0.2) is 9.98 Å². The maximum absolute atomic E-state index is 3.85. The van der Waals surface area contributed by atoms with Crippen LogP contribution in [0, 0.1) is 0 Å². The molecule has 3 heteroatoms. The molecule has 3 nitrogen and oxygen atoms in total. The van der Waals surface area contributed by atoms with E-state index in [0.29, 0.717) is 0 Å². The van der Waals surface area contributed by atoms with Crippen LogP contribution in [0.5, 0.6) is 0 Å². The van der Waals surface area contributed by atoms with E-state index in [1.54, 1.807) is 6.21 Å². The zero-order valence-electron chi connectivity index (χ0n) is 5.78. The number of hydrogen-bond donors (Lipinski definition) is 0. The first kappa shape index (κ1) is 8.01. The third-order valence-electron chi connectivity index (χ3n) is 0.613. The molecule has 0 bridgehead atoms. The summed E-state index contributed by atoms with van der Waals surface area (Å²) in [5.74, 6) is 0. The first-order chi connectivity index (χ1) is 4.41. The predicted octanol–water partition coefficient (Wildman–Crippen LogP) is 1.15. The van der Waals surface area contributed by atoms with E-state index < -0.39 is 0 Å². The largest absolute Gasteiger partial charge is 0.274 e. The molecule has 0 saturated heterocycles. The van der Waals surface area contributed by atoms with Crippen molar-refractivity contribution in [2.24, 2.45) is 15.0 Å². The zero-order chi connectivity index (χ0) is 6.95. The quantitative estimate of drug-likeness (QED) is 0.401. The molecule has 0 aromatic carbocycles. The normalized spacial score (nSPS) is 12.7. The Balaban J connectivity index is 3.35. The summed E-state index contributed by atoms with van der Waals surface area (Å²) in [5, 5.41) is 0. The van der Waals surface area contributed by atoms with Crippen molar-refractivity contribution in [1.82, 2.24) is 0 Å². The number of rotatable bonds is 3. The van der Waals surface area contributed by atoms with Gasteiger partial charge < -0.3 is 0 Å². The van der Waals surface area contributed by atoms with Gasteiger partial charge in [-0.3, -0.25) is 4.99 Å². The molecule has 0 N–H and O–H groups in total. The van der Waals surface area contributed by atoms with E-state index in [4.69, 9.17) is 0 Å². The molecule has 0 spiro atoms. The van der Waals surface area contributed by atoms with Crippen LogP contribution in [-0.2, 0) is 0 Å². The van der Waals surface area contributed by atoms with E-state index in [9.17, 15) is 0 Å². The van der Waals surface area contributed by atoms with Crippen LogP contribution >= 0.6 is 0 Å². The molecule has 0 aliphatic heterocycles. The second-order valence-corrected chi connectivity index (χ2v) is 1.29. The molecule has 9 heavy (non-hydrogen) atoms. The van der Waals surface area contributed by atoms with E-state index in [0.717, 1.165) is 6.54 Å². The third kappa shape index (κ3) is 7.01. The van der Waals surface area contributed by atoms with Crippen molar-refractivity contribution in [1.29, 1.82) is 0 Å². The Kier molecular flexibility index (Phi) is 6.24. The van der Waals surface area contributed by atoms with Crippen molar-refractivity contribution in [3.63, 3.8) is 0 Å². The Morgan fingerprint density at radius 1 is 1.22 bits per heavy atom. The van der Waals surface area contributed by atoms with E-state index >= 15 is 0 Å². The molecular weight excluding hydrogens is 114 g/mol. The molecule has 0 radical (unpaired) electrons. The van der Waals surface area contributed by atoms with Crippen molar-refractivity contribution in [2.45, 2.75) is 13.8 Å². The van der Waals surface area contributed by atoms with Crippen LogP contribution in [0.25, 0.3) is 0 Å². The molecule has 0 amide bonds. The average molecular weight is 125 g/mol. The van der Waals surface area contributed by atoms with Crippen LogP contribution in [0.1, 0.15) is 13.8 Å². The van der Waals surface area contributed by atoms with Crippen LogP contribution in [0.15, 0.2) is 15.0 Å². The van der Waals surface area contributed by atoms with Gasteiger partial charge in [0.1, 0.15) is 12.7 Å². The number of nitrogens with zero attached hydrogens (tertiary/aromatic N) is 3. The topological polar surface area (TPSA) is 37.1 Å². The third-order valence-corrected chi connectivity index (χ3v) is 0.613. The first-order valence-corrected chi connectivity index (χ1v) is 2.89. The fraction of sp³-hybridized carbons (Fsp3) is 0.500. The second kappa shape index (κ2) is 7.01. The second-order valence-electron chi connectivity index (χ2n) is 1.29. The summed E-state index contributed by atoms with van der Waals surface area (Å²) < 4.78 is 0. The Morgan fingerprint density at radius 2 is 2.00 bits per heavy atom. The molecule has 0 atom stereocenters. The molecule has 0 aliphatic rings. The average Bonchev–Trinajstić information content (AvgIpc) is 1.89. The molecule has 0 aromatic rings. The van der Waals surface area contributed by atoms with Crippen LogP contribution in [0.3, 0.4) is 0 Å². The van der Waals surface area contributed by atoms with Crippen molar-refractivity contribution in [3.05, 3.63) is 0 Å². The molecule has 0 unspecified atom stereocenters. The minimum absolute atomic E-state index is 0.771. The van der Waals surface area contributed by atoms with Gasteiger partial charge in [-0.2, -0.15) is 0 Å². The van der Waals surface area contributed by atoms with Gasteiger partial charge in [0, 0.05) is 12.8 Å². The minimum Gasteiger partial charge on any atom is -0.274 e. The van der Waals surface area contributed by atoms with Crippen molar-refractivity contribution in [3.8, 4) is 0 Å². The summed E-state index contributed by atoms with van der Waals surface area (Å²) in [7, 11) is 0.